The summed E-state index contributed by atoms with van der Waals surface area (Å²) in [4.78, 5) is 11.0. The summed E-state index contributed by atoms with van der Waals surface area (Å²) in [5, 5.41) is 1.13. The van der Waals surface area contributed by atoms with Crippen molar-refractivity contribution in [3.05, 3.63) is 29.6 Å². The van der Waals surface area contributed by atoms with Crippen LogP contribution in [0.4, 0.5) is 18.9 Å². The highest BCUT2D eigenvalue weighted by Gasteiger charge is 2.16. The fourth-order valence-corrected chi connectivity index (χ4v) is 0.909. The molecular formula is C9H7ClF3NO. The van der Waals surface area contributed by atoms with Crippen molar-refractivity contribution in [2.75, 3.05) is 5.32 Å². The summed E-state index contributed by atoms with van der Waals surface area (Å²) in [6.45, 7) is 1.37. The first-order valence-electron chi connectivity index (χ1n) is 4.02. The molecule has 1 unspecified atom stereocenters. The van der Waals surface area contributed by atoms with Gasteiger partial charge in [-0.1, -0.05) is 0 Å². The predicted molar refractivity (Wildman–Crippen MR) is 50.3 cm³/mol. The number of anilines is 1. The van der Waals surface area contributed by atoms with E-state index in [1.165, 1.54) is 6.92 Å². The van der Waals surface area contributed by atoms with Crippen LogP contribution in [0.25, 0.3) is 0 Å². The second-order valence-electron chi connectivity index (χ2n) is 2.83. The third kappa shape index (κ3) is 2.62. The molecule has 1 aromatic carbocycles. The van der Waals surface area contributed by atoms with Gasteiger partial charge in [-0.05, 0) is 19.1 Å². The van der Waals surface area contributed by atoms with Gasteiger partial charge in [0.25, 0.3) is 0 Å². The highest BCUT2D eigenvalue weighted by molar-refractivity contribution is 6.32. The molecule has 0 heterocycles. The predicted octanol–water partition coefficient (Wildman–Crippen LogP) is 2.67. The Morgan fingerprint density at radius 3 is 2.47 bits per heavy atom. The second kappa shape index (κ2) is 4.53. The summed E-state index contributed by atoms with van der Waals surface area (Å²) in [5.41, 5.74) is -0.439. The molecule has 0 saturated heterocycles. The molecule has 0 fully saturated rings. The Kier molecular flexibility index (Phi) is 3.57. The molecule has 1 N–H and O–H groups in total. The minimum Gasteiger partial charge on any atom is -0.322 e. The van der Waals surface area contributed by atoms with Gasteiger partial charge < -0.3 is 5.32 Å². The Labute approximate surface area is 89.0 Å². The third-order valence-corrected chi connectivity index (χ3v) is 1.85. The number of hydrogen-bond acceptors (Lipinski definition) is 1. The lowest BCUT2D eigenvalue weighted by atomic mass is 10.2. The average molecular weight is 238 g/mol. The Morgan fingerprint density at radius 2 is 1.93 bits per heavy atom. The molecular weight excluding hydrogens is 231 g/mol. The van der Waals surface area contributed by atoms with Crippen molar-refractivity contribution >= 4 is 23.2 Å². The van der Waals surface area contributed by atoms with Gasteiger partial charge in [0, 0.05) is 0 Å². The van der Waals surface area contributed by atoms with Gasteiger partial charge in [-0.15, -0.1) is 11.6 Å². The van der Waals surface area contributed by atoms with Gasteiger partial charge in [0.2, 0.25) is 5.91 Å². The van der Waals surface area contributed by atoms with E-state index >= 15 is 0 Å². The molecule has 0 aliphatic heterocycles. The molecule has 0 spiro atoms. The van der Waals surface area contributed by atoms with Crippen molar-refractivity contribution in [3.8, 4) is 0 Å². The van der Waals surface area contributed by atoms with E-state index in [0.29, 0.717) is 6.07 Å². The Bertz CT molecular complexity index is 395. The number of alkyl halides is 1. The van der Waals surface area contributed by atoms with Crippen LogP contribution in [0.3, 0.4) is 0 Å². The van der Waals surface area contributed by atoms with E-state index in [1.807, 2.05) is 5.32 Å². The largest absolute Gasteiger partial charge is 0.322 e. The van der Waals surface area contributed by atoms with Crippen LogP contribution >= 0.6 is 11.6 Å². The number of nitrogens with one attached hydrogen (secondary N) is 1. The van der Waals surface area contributed by atoms with Crippen molar-refractivity contribution in [3.63, 3.8) is 0 Å². The molecule has 1 amide bonds. The average Bonchev–Trinajstić information content (AvgIpc) is 2.18. The molecule has 1 atom stereocenters. The number of hydrogen-bond donors (Lipinski definition) is 1. The minimum atomic E-state index is -1.63. The number of amides is 1. The summed E-state index contributed by atoms with van der Waals surface area (Å²) < 4.78 is 38.2. The molecule has 0 aliphatic rings. The van der Waals surface area contributed by atoms with E-state index in [1.54, 1.807) is 0 Å². The van der Waals surface area contributed by atoms with E-state index < -0.39 is 34.4 Å². The molecule has 82 valence electrons. The Hall–Kier alpha value is -1.23. The van der Waals surface area contributed by atoms with E-state index in [-0.39, 0.29) is 0 Å². The van der Waals surface area contributed by atoms with Gasteiger partial charge in [0.1, 0.15) is 5.38 Å². The van der Waals surface area contributed by atoms with E-state index in [0.717, 1.165) is 6.07 Å². The number of benzene rings is 1. The van der Waals surface area contributed by atoms with Crippen LogP contribution in [-0.2, 0) is 4.79 Å². The molecule has 2 nitrogen and oxygen atoms in total. The summed E-state index contributed by atoms with van der Waals surface area (Å²) >= 11 is 5.40. The maximum atomic E-state index is 13.0. The number of rotatable bonds is 2. The zero-order valence-electron chi connectivity index (χ0n) is 7.65. The zero-order chi connectivity index (χ0) is 11.6. The van der Waals surface area contributed by atoms with Gasteiger partial charge in [-0.2, -0.15) is 0 Å². The fourth-order valence-electron chi connectivity index (χ4n) is 0.855. The van der Waals surface area contributed by atoms with Crippen LogP contribution in [0, 0.1) is 17.5 Å². The number of carbonyl (C=O) groups excluding carboxylic acids is 1. The van der Waals surface area contributed by atoms with Crippen LogP contribution < -0.4 is 5.32 Å². The normalized spacial score (nSPS) is 12.3. The van der Waals surface area contributed by atoms with Crippen LogP contribution in [0.2, 0.25) is 0 Å². The van der Waals surface area contributed by atoms with Gasteiger partial charge in [0.15, 0.2) is 17.5 Å². The molecule has 0 bridgehead atoms. The lowest BCUT2D eigenvalue weighted by Gasteiger charge is -2.07. The van der Waals surface area contributed by atoms with Crippen molar-refractivity contribution in [1.82, 2.24) is 0 Å². The lowest BCUT2D eigenvalue weighted by Crippen LogP contribution is -2.21. The molecule has 0 aromatic heterocycles. The van der Waals surface area contributed by atoms with Crippen LogP contribution in [0.5, 0.6) is 0 Å². The quantitative estimate of drug-likeness (QED) is 0.622. The summed E-state index contributed by atoms with van der Waals surface area (Å²) in [6, 6.07) is 1.64. The first kappa shape index (κ1) is 11.8. The van der Waals surface area contributed by atoms with Crippen LogP contribution in [0.1, 0.15) is 6.92 Å². The van der Waals surface area contributed by atoms with Gasteiger partial charge in [-0.3, -0.25) is 4.79 Å². The van der Waals surface area contributed by atoms with Crippen LogP contribution in [0.15, 0.2) is 12.1 Å². The maximum absolute atomic E-state index is 13.0. The topological polar surface area (TPSA) is 29.1 Å². The van der Waals surface area contributed by atoms with Crippen molar-refractivity contribution in [1.29, 1.82) is 0 Å². The molecule has 1 aromatic rings. The molecule has 6 heteroatoms. The molecule has 0 saturated carbocycles. The number of halogens is 4. The summed E-state index contributed by atoms with van der Waals surface area (Å²) in [5.74, 6) is -5.08. The smallest absolute Gasteiger partial charge is 0.242 e. The second-order valence-corrected chi connectivity index (χ2v) is 3.48. The van der Waals surface area contributed by atoms with E-state index in [4.69, 9.17) is 11.6 Å². The first-order valence-corrected chi connectivity index (χ1v) is 4.45. The standard InChI is InChI=1S/C9H7ClF3NO/c1-4(10)9(15)14-6-3-2-5(11)7(12)8(6)13/h2-4H,1H3,(H,14,15). The van der Waals surface area contributed by atoms with Crippen molar-refractivity contribution in [2.24, 2.45) is 0 Å². The monoisotopic (exact) mass is 237 g/mol. The number of carbonyl (C=O) groups is 1. The van der Waals surface area contributed by atoms with Gasteiger partial charge in [-0.25, -0.2) is 13.2 Å². The SMILES string of the molecule is CC(Cl)C(=O)Nc1ccc(F)c(F)c1F. The summed E-state index contributed by atoms with van der Waals surface area (Å²) in [7, 11) is 0. The van der Waals surface area contributed by atoms with Crippen molar-refractivity contribution in [2.45, 2.75) is 12.3 Å². The molecule has 1 rings (SSSR count). The van der Waals surface area contributed by atoms with Crippen molar-refractivity contribution < 1.29 is 18.0 Å². The van der Waals surface area contributed by atoms with Gasteiger partial charge >= 0.3 is 0 Å². The van der Waals surface area contributed by atoms with Gasteiger partial charge in [0.05, 0.1) is 5.69 Å². The minimum absolute atomic E-state index is 0.439. The van der Waals surface area contributed by atoms with E-state index in [9.17, 15) is 18.0 Å². The molecule has 0 radical (unpaired) electrons. The highest BCUT2D eigenvalue weighted by atomic mass is 35.5. The fraction of sp³-hybridized carbons (Fsp3) is 0.222. The first-order chi connectivity index (χ1) is 6.93. The Morgan fingerprint density at radius 1 is 1.33 bits per heavy atom. The third-order valence-electron chi connectivity index (χ3n) is 1.65. The zero-order valence-corrected chi connectivity index (χ0v) is 8.41. The molecule has 15 heavy (non-hydrogen) atoms. The van der Waals surface area contributed by atoms with E-state index in [2.05, 4.69) is 0 Å². The Balaban J connectivity index is 2.97. The lowest BCUT2D eigenvalue weighted by molar-refractivity contribution is -0.115. The molecule has 0 aliphatic carbocycles. The summed E-state index contributed by atoms with van der Waals surface area (Å²) in [6.07, 6.45) is 0. The van der Waals surface area contributed by atoms with Crippen LogP contribution in [-0.4, -0.2) is 11.3 Å². The highest BCUT2D eigenvalue weighted by Crippen LogP contribution is 2.19. The maximum Gasteiger partial charge on any atom is 0.242 e.